The summed E-state index contributed by atoms with van der Waals surface area (Å²) < 4.78 is 16.7. The molecule has 0 aliphatic rings. The van der Waals surface area contributed by atoms with Crippen molar-refractivity contribution in [3.8, 4) is 0 Å². The molecule has 0 unspecified atom stereocenters. The number of amides is 1. The van der Waals surface area contributed by atoms with Crippen molar-refractivity contribution in [1.29, 1.82) is 0 Å². The zero-order valence-corrected chi connectivity index (χ0v) is 15.7. The Bertz CT molecular complexity index is 1010. The molecular weight excluding hydrogens is 347 g/mol. The Labute approximate surface area is 156 Å². The molecule has 0 bridgehead atoms. The van der Waals surface area contributed by atoms with Gasteiger partial charge < -0.3 is 4.57 Å². The van der Waals surface area contributed by atoms with Crippen molar-refractivity contribution in [2.45, 2.75) is 32.7 Å². The van der Waals surface area contributed by atoms with Crippen molar-refractivity contribution in [2.24, 2.45) is 4.99 Å². The van der Waals surface area contributed by atoms with E-state index in [9.17, 15) is 9.18 Å². The van der Waals surface area contributed by atoms with Gasteiger partial charge in [-0.2, -0.15) is 4.99 Å². The molecule has 0 aliphatic carbocycles. The Morgan fingerprint density at radius 3 is 2.65 bits per heavy atom. The maximum atomic E-state index is 14.2. The molecular formula is C21H21FN2OS. The number of thiazole rings is 1. The van der Waals surface area contributed by atoms with Crippen molar-refractivity contribution in [3.63, 3.8) is 0 Å². The molecule has 26 heavy (non-hydrogen) atoms. The lowest BCUT2D eigenvalue weighted by Gasteiger charge is -2.05. The molecule has 1 aromatic heterocycles. The molecule has 3 nitrogen and oxygen atoms in total. The van der Waals surface area contributed by atoms with Crippen molar-refractivity contribution in [3.05, 3.63) is 76.9 Å². The maximum Gasteiger partial charge on any atom is 0.252 e. The first-order valence-corrected chi connectivity index (χ1v) is 9.36. The Kier molecular flexibility index (Phi) is 5.47. The van der Waals surface area contributed by atoms with Crippen LogP contribution >= 0.6 is 11.3 Å². The molecule has 1 amide bonds. The second-order valence-corrected chi connectivity index (χ2v) is 7.46. The van der Waals surface area contributed by atoms with E-state index in [1.165, 1.54) is 23.0 Å². The molecule has 0 fully saturated rings. The Morgan fingerprint density at radius 2 is 2.00 bits per heavy atom. The molecule has 0 atom stereocenters. The van der Waals surface area contributed by atoms with E-state index in [0.29, 0.717) is 22.8 Å². The van der Waals surface area contributed by atoms with Crippen molar-refractivity contribution in [1.82, 2.24) is 4.57 Å². The van der Waals surface area contributed by atoms with E-state index >= 15 is 0 Å². The Balaban J connectivity index is 1.93. The van der Waals surface area contributed by atoms with Crippen LogP contribution in [0.25, 0.3) is 10.2 Å². The van der Waals surface area contributed by atoms with Crippen LogP contribution in [0.2, 0.25) is 0 Å². The summed E-state index contributed by atoms with van der Waals surface area (Å²) in [7, 11) is 0. The second-order valence-electron chi connectivity index (χ2n) is 6.45. The van der Waals surface area contributed by atoms with Crippen LogP contribution in [0.15, 0.2) is 60.1 Å². The van der Waals surface area contributed by atoms with E-state index in [0.717, 1.165) is 10.3 Å². The average molecular weight is 368 g/mol. The fourth-order valence-electron chi connectivity index (χ4n) is 2.81. The molecule has 5 heteroatoms. The second kappa shape index (κ2) is 7.79. The van der Waals surface area contributed by atoms with Gasteiger partial charge in [0.1, 0.15) is 5.82 Å². The first-order valence-electron chi connectivity index (χ1n) is 8.54. The van der Waals surface area contributed by atoms with Gasteiger partial charge in [-0.1, -0.05) is 61.6 Å². The van der Waals surface area contributed by atoms with Crippen LogP contribution in [-0.2, 0) is 17.8 Å². The highest BCUT2D eigenvalue weighted by molar-refractivity contribution is 7.16. The van der Waals surface area contributed by atoms with Crippen molar-refractivity contribution in [2.75, 3.05) is 0 Å². The zero-order valence-electron chi connectivity index (χ0n) is 14.9. The van der Waals surface area contributed by atoms with Crippen molar-refractivity contribution >= 4 is 27.5 Å². The number of rotatable bonds is 5. The quantitative estimate of drug-likeness (QED) is 0.595. The fourth-order valence-corrected chi connectivity index (χ4v) is 3.88. The molecule has 0 saturated heterocycles. The number of fused-ring (bicyclic) bond motifs is 1. The molecule has 0 saturated carbocycles. The number of benzene rings is 2. The summed E-state index contributed by atoms with van der Waals surface area (Å²) in [6.07, 6.45) is 1.90. The largest absolute Gasteiger partial charge is 0.310 e. The van der Waals surface area contributed by atoms with Crippen LogP contribution in [0, 0.1) is 5.82 Å². The third-order valence-electron chi connectivity index (χ3n) is 4.19. The number of hydrogen-bond acceptors (Lipinski definition) is 2. The summed E-state index contributed by atoms with van der Waals surface area (Å²) in [6.45, 7) is 8.38. The number of carbonyl (C=O) groups is 1. The normalized spacial score (nSPS) is 12.1. The van der Waals surface area contributed by atoms with Gasteiger partial charge in [-0.25, -0.2) is 4.39 Å². The van der Waals surface area contributed by atoms with Crippen LogP contribution in [0.4, 0.5) is 4.39 Å². The highest BCUT2D eigenvalue weighted by atomic mass is 32.1. The van der Waals surface area contributed by atoms with Gasteiger partial charge in [0.05, 0.1) is 16.6 Å². The first-order chi connectivity index (χ1) is 12.5. The molecule has 0 N–H and O–H groups in total. The number of aromatic nitrogens is 1. The molecule has 0 radical (unpaired) electrons. The Morgan fingerprint density at radius 1 is 1.27 bits per heavy atom. The lowest BCUT2D eigenvalue weighted by molar-refractivity contribution is -0.117. The standard InChI is InChI=1S/C21H21FN2OS/c1-4-12-24-20-17(22)6-5-7-18(20)26-21(24)23-19(25)13-15-8-10-16(11-9-15)14(2)3/h4-11,14H,1,12-13H2,2-3H3. The van der Waals surface area contributed by atoms with E-state index in [1.54, 1.807) is 16.7 Å². The molecule has 134 valence electrons. The van der Waals surface area contributed by atoms with Gasteiger partial charge in [0.25, 0.3) is 5.91 Å². The lowest BCUT2D eigenvalue weighted by Crippen LogP contribution is -2.17. The summed E-state index contributed by atoms with van der Waals surface area (Å²) in [4.78, 5) is 17.2. The minimum Gasteiger partial charge on any atom is -0.310 e. The van der Waals surface area contributed by atoms with Gasteiger partial charge in [-0.15, -0.1) is 6.58 Å². The molecule has 2 aromatic carbocycles. The third kappa shape index (κ3) is 3.83. The summed E-state index contributed by atoms with van der Waals surface area (Å²) in [5.41, 5.74) is 2.62. The maximum absolute atomic E-state index is 14.2. The number of allylic oxidation sites excluding steroid dienone is 1. The third-order valence-corrected chi connectivity index (χ3v) is 5.23. The summed E-state index contributed by atoms with van der Waals surface area (Å²) in [5, 5.41) is 0. The fraction of sp³-hybridized carbons (Fsp3) is 0.238. The van der Waals surface area contributed by atoms with Gasteiger partial charge in [-0.05, 0) is 29.2 Å². The number of para-hydroxylation sites is 1. The van der Waals surface area contributed by atoms with E-state index < -0.39 is 0 Å². The van der Waals surface area contributed by atoms with Crippen LogP contribution in [0.5, 0.6) is 0 Å². The smallest absolute Gasteiger partial charge is 0.252 e. The summed E-state index contributed by atoms with van der Waals surface area (Å²) in [5.74, 6) is -0.110. The summed E-state index contributed by atoms with van der Waals surface area (Å²) >= 11 is 1.31. The van der Waals surface area contributed by atoms with Crippen LogP contribution in [0.1, 0.15) is 30.9 Å². The monoisotopic (exact) mass is 368 g/mol. The van der Waals surface area contributed by atoms with Crippen molar-refractivity contribution < 1.29 is 9.18 Å². The van der Waals surface area contributed by atoms with Crippen LogP contribution in [0.3, 0.4) is 0 Å². The molecule has 1 heterocycles. The zero-order chi connectivity index (χ0) is 18.7. The lowest BCUT2D eigenvalue weighted by atomic mass is 10.0. The van der Waals surface area contributed by atoms with E-state index in [1.807, 2.05) is 30.3 Å². The van der Waals surface area contributed by atoms with E-state index in [-0.39, 0.29) is 18.1 Å². The van der Waals surface area contributed by atoms with E-state index in [2.05, 4.69) is 25.4 Å². The van der Waals surface area contributed by atoms with E-state index in [4.69, 9.17) is 0 Å². The number of halogens is 1. The van der Waals surface area contributed by atoms with Gasteiger partial charge in [0, 0.05) is 6.54 Å². The van der Waals surface area contributed by atoms with Crippen LogP contribution in [-0.4, -0.2) is 10.5 Å². The SMILES string of the molecule is C=CCn1c(=NC(=O)Cc2ccc(C(C)C)cc2)sc2cccc(F)c21. The highest BCUT2D eigenvalue weighted by Gasteiger charge is 2.11. The van der Waals surface area contributed by atoms with Gasteiger partial charge in [-0.3, -0.25) is 4.79 Å². The Hall–Kier alpha value is -2.53. The number of nitrogens with zero attached hydrogens (tertiary/aromatic N) is 2. The number of hydrogen-bond donors (Lipinski definition) is 0. The predicted octanol–water partition coefficient (Wildman–Crippen LogP) is 4.82. The van der Waals surface area contributed by atoms with Gasteiger partial charge >= 0.3 is 0 Å². The molecule has 0 spiro atoms. The first kappa shape index (κ1) is 18.3. The van der Waals surface area contributed by atoms with Gasteiger partial charge in [0.15, 0.2) is 4.80 Å². The molecule has 3 rings (SSSR count). The predicted molar refractivity (Wildman–Crippen MR) is 105 cm³/mol. The summed E-state index contributed by atoms with van der Waals surface area (Å²) in [6, 6.07) is 12.9. The molecule has 3 aromatic rings. The number of carbonyl (C=O) groups excluding carboxylic acids is 1. The average Bonchev–Trinajstić information content (AvgIpc) is 2.94. The highest BCUT2D eigenvalue weighted by Crippen LogP contribution is 2.20. The van der Waals surface area contributed by atoms with Crippen LogP contribution < -0.4 is 4.80 Å². The minimum atomic E-state index is -0.321. The topological polar surface area (TPSA) is 34.4 Å². The molecule has 0 aliphatic heterocycles. The minimum absolute atomic E-state index is 0.225. The van der Waals surface area contributed by atoms with Gasteiger partial charge in [0.2, 0.25) is 0 Å².